The number of benzene rings is 2. The van der Waals surface area contributed by atoms with Crippen molar-refractivity contribution in [3.8, 4) is 0 Å². The molecule has 0 fully saturated rings. The smallest absolute Gasteiger partial charge is 0.191 e. The maximum atomic E-state index is 13.2. The predicted octanol–water partition coefficient (Wildman–Crippen LogP) is 4.35. The van der Waals surface area contributed by atoms with Crippen molar-refractivity contribution in [2.45, 2.75) is 19.4 Å². The molecular weight excluding hydrogens is 462 g/mol. The van der Waals surface area contributed by atoms with Gasteiger partial charge in [0.2, 0.25) is 0 Å². The monoisotopic (exact) mass is 484 g/mol. The second kappa shape index (κ2) is 10.4. The SMILES string of the molecule is CN=C(NCCCc1nc2ccccc2s1)NCc1cccc(F)c1.I. The Kier molecular flexibility index (Phi) is 8.24. The van der Waals surface area contributed by atoms with Crippen LogP contribution < -0.4 is 10.6 Å². The molecule has 0 aliphatic rings. The second-order valence-electron chi connectivity index (χ2n) is 5.66. The van der Waals surface area contributed by atoms with Crippen LogP contribution in [0.1, 0.15) is 17.0 Å². The summed E-state index contributed by atoms with van der Waals surface area (Å²) in [5.74, 6) is 0.492. The first-order chi connectivity index (χ1) is 12.2. The molecule has 0 unspecified atom stereocenters. The third-order valence-corrected chi connectivity index (χ3v) is 4.87. The number of para-hydroxylation sites is 1. The zero-order chi connectivity index (χ0) is 17.5. The Hall–Kier alpha value is -1.74. The van der Waals surface area contributed by atoms with E-state index in [4.69, 9.17) is 0 Å². The first-order valence-corrected chi connectivity index (χ1v) is 9.09. The van der Waals surface area contributed by atoms with E-state index < -0.39 is 0 Å². The summed E-state index contributed by atoms with van der Waals surface area (Å²) in [5.41, 5.74) is 1.96. The minimum Gasteiger partial charge on any atom is -0.356 e. The van der Waals surface area contributed by atoms with Crippen LogP contribution in [0.15, 0.2) is 53.5 Å². The molecule has 1 heterocycles. The maximum absolute atomic E-state index is 13.2. The number of hydrogen-bond donors (Lipinski definition) is 2. The summed E-state index contributed by atoms with van der Waals surface area (Å²) in [5, 5.41) is 7.63. The Morgan fingerprint density at radius 2 is 2.00 bits per heavy atom. The molecule has 0 atom stereocenters. The summed E-state index contributed by atoms with van der Waals surface area (Å²) in [6, 6.07) is 14.8. The van der Waals surface area contributed by atoms with E-state index in [-0.39, 0.29) is 29.8 Å². The lowest BCUT2D eigenvalue weighted by atomic mass is 10.2. The molecule has 4 nitrogen and oxygen atoms in total. The number of hydrogen-bond acceptors (Lipinski definition) is 3. The highest BCUT2D eigenvalue weighted by atomic mass is 127. The Morgan fingerprint density at radius 1 is 1.15 bits per heavy atom. The number of nitrogens with one attached hydrogen (secondary N) is 2. The third-order valence-electron chi connectivity index (χ3n) is 3.77. The maximum Gasteiger partial charge on any atom is 0.191 e. The number of aryl methyl sites for hydroxylation is 1. The van der Waals surface area contributed by atoms with Crippen molar-refractivity contribution >= 4 is 51.5 Å². The number of fused-ring (bicyclic) bond motifs is 1. The summed E-state index contributed by atoms with van der Waals surface area (Å²) in [6.07, 6.45) is 1.91. The average molecular weight is 484 g/mol. The van der Waals surface area contributed by atoms with Gasteiger partial charge in [-0.25, -0.2) is 9.37 Å². The van der Waals surface area contributed by atoms with Gasteiger partial charge < -0.3 is 10.6 Å². The Balaban J connectivity index is 0.00000243. The summed E-state index contributed by atoms with van der Waals surface area (Å²) >= 11 is 1.75. The molecule has 26 heavy (non-hydrogen) atoms. The molecule has 138 valence electrons. The van der Waals surface area contributed by atoms with Crippen LogP contribution in [0.2, 0.25) is 0 Å². The van der Waals surface area contributed by atoms with Crippen LogP contribution in [0.5, 0.6) is 0 Å². The van der Waals surface area contributed by atoms with Crippen molar-refractivity contribution < 1.29 is 4.39 Å². The highest BCUT2D eigenvalue weighted by molar-refractivity contribution is 14.0. The number of aliphatic imine (C=N–C) groups is 1. The number of thiazole rings is 1. The Bertz CT molecular complexity index is 832. The van der Waals surface area contributed by atoms with Crippen LogP contribution in [0.4, 0.5) is 4.39 Å². The highest BCUT2D eigenvalue weighted by Gasteiger charge is 2.03. The van der Waals surface area contributed by atoms with Crippen LogP contribution in [-0.2, 0) is 13.0 Å². The second-order valence-corrected chi connectivity index (χ2v) is 6.78. The lowest BCUT2D eigenvalue weighted by Gasteiger charge is -2.11. The van der Waals surface area contributed by atoms with E-state index in [1.807, 2.05) is 24.3 Å². The summed E-state index contributed by atoms with van der Waals surface area (Å²) < 4.78 is 14.4. The topological polar surface area (TPSA) is 49.3 Å². The molecule has 3 rings (SSSR count). The van der Waals surface area contributed by atoms with E-state index in [9.17, 15) is 4.39 Å². The highest BCUT2D eigenvalue weighted by Crippen LogP contribution is 2.22. The van der Waals surface area contributed by atoms with Crippen LogP contribution in [0.3, 0.4) is 0 Å². The normalized spacial score (nSPS) is 11.2. The van der Waals surface area contributed by atoms with E-state index in [1.54, 1.807) is 24.5 Å². The molecule has 0 aliphatic heterocycles. The first kappa shape index (κ1) is 20.6. The fraction of sp³-hybridized carbons (Fsp3) is 0.263. The Morgan fingerprint density at radius 3 is 2.77 bits per heavy atom. The number of aromatic nitrogens is 1. The molecule has 0 saturated carbocycles. The van der Waals surface area contributed by atoms with E-state index in [0.717, 1.165) is 35.5 Å². The molecule has 0 amide bonds. The van der Waals surface area contributed by atoms with Crippen LogP contribution >= 0.6 is 35.3 Å². The number of rotatable bonds is 6. The summed E-state index contributed by atoms with van der Waals surface area (Å²) in [6.45, 7) is 1.34. The Labute approximate surface area is 174 Å². The standard InChI is InChI=1S/C19H21FN4S.HI/c1-21-19(23-13-14-6-4-7-15(20)12-14)22-11-5-10-18-24-16-8-2-3-9-17(16)25-18;/h2-4,6-9,12H,5,10-11,13H2,1H3,(H2,21,22,23);1H. The van der Waals surface area contributed by atoms with Crippen molar-refractivity contribution in [3.05, 3.63) is 64.9 Å². The zero-order valence-electron chi connectivity index (χ0n) is 14.5. The number of halogens is 2. The van der Waals surface area contributed by atoms with Gasteiger partial charge in [-0.05, 0) is 36.2 Å². The van der Waals surface area contributed by atoms with Gasteiger partial charge in [0.1, 0.15) is 5.82 Å². The number of guanidine groups is 1. The van der Waals surface area contributed by atoms with Gasteiger partial charge in [0, 0.05) is 26.6 Å². The zero-order valence-corrected chi connectivity index (χ0v) is 17.7. The fourth-order valence-electron chi connectivity index (χ4n) is 2.53. The van der Waals surface area contributed by atoms with Gasteiger partial charge in [0.05, 0.1) is 15.2 Å². The van der Waals surface area contributed by atoms with Crippen LogP contribution in [0, 0.1) is 5.82 Å². The van der Waals surface area contributed by atoms with Crippen molar-refractivity contribution in [3.63, 3.8) is 0 Å². The molecule has 1 aromatic heterocycles. The van der Waals surface area contributed by atoms with E-state index in [2.05, 4.69) is 26.7 Å². The molecule has 0 saturated heterocycles. The number of nitrogens with zero attached hydrogens (tertiary/aromatic N) is 2. The molecule has 0 bridgehead atoms. The van der Waals surface area contributed by atoms with Crippen molar-refractivity contribution in [2.75, 3.05) is 13.6 Å². The van der Waals surface area contributed by atoms with Crippen LogP contribution in [0.25, 0.3) is 10.2 Å². The average Bonchev–Trinajstić information content (AvgIpc) is 3.04. The molecule has 2 aromatic carbocycles. The largest absolute Gasteiger partial charge is 0.356 e. The van der Waals surface area contributed by atoms with Gasteiger partial charge in [0.25, 0.3) is 0 Å². The first-order valence-electron chi connectivity index (χ1n) is 8.28. The lowest BCUT2D eigenvalue weighted by Crippen LogP contribution is -2.37. The summed E-state index contributed by atoms with van der Waals surface area (Å²) in [4.78, 5) is 8.84. The van der Waals surface area contributed by atoms with Crippen molar-refractivity contribution in [2.24, 2.45) is 4.99 Å². The van der Waals surface area contributed by atoms with E-state index >= 15 is 0 Å². The van der Waals surface area contributed by atoms with Crippen molar-refractivity contribution in [1.82, 2.24) is 15.6 Å². The minimum atomic E-state index is -0.224. The molecule has 2 N–H and O–H groups in total. The van der Waals surface area contributed by atoms with Gasteiger partial charge >= 0.3 is 0 Å². The van der Waals surface area contributed by atoms with Gasteiger partial charge in [-0.15, -0.1) is 35.3 Å². The lowest BCUT2D eigenvalue weighted by molar-refractivity contribution is 0.624. The predicted molar refractivity (Wildman–Crippen MR) is 118 cm³/mol. The van der Waals surface area contributed by atoms with Gasteiger partial charge in [-0.2, -0.15) is 0 Å². The van der Waals surface area contributed by atoms with Gasteiger partial charge in [0.15, 0.2) is 5.96 Å². The summed E-state index contributed by atoms with van der Waals surface area (Å²) in [7, 11) is 1.73. The van der Waals surface area contributed by atoms with Gasteiger partial charge in [-0.1, -0.05) is 24.3 Å². The third kappa shape index (κ3) is 5.91. The fourth-order valence-corrected chi connectivity index (χ4v) is 3.54. The molecule has 0 radical (unpaired) electrons. The van der Waals surface area contributed by atoms with Crippen molar-refractivity contribution in [1.29, 1.82) is 0 Å². The van der Waals surface area contributed by atoms with Gasteiger partial charge in [-0.3, -0.25) is 4.99 Å². The molecule has 3 aromatic rings. The van der Waals surface area contributed by atoms with E-state index in [0.29, 0.717) is 12.5 Å². The molecule has 0 aliphatic carbocycles. The van der Waals surface area contributed by atoms with Crippen LogP contribution in [-0.4, -0.2) is 24.5 Å². The molecular formula is C19H22FIN4S. The quantitative estimate of drug-likeness (QED) is 0.237. The molecule has 0 spiro atoms. The van der Waals surface area contributed by atoms with E-state index in [1.165, 1.54) is 16.8 Å². The minimum absolute atomic E-state index is 0. The molecule has 7 heteroatoms.